The van der Waals surface area contributed by atoms with E-state index in [1.54, 1.807) is 0 Å². The predicted molar refractivity (Wildman–Crippen MR) is 24.4 cm³/mol. The van der Waals surface area contributed by atoms with Crippen molar-refractivity contribution in [3.8, 4) is 0 Å². The lowest BCUT2D eigenvalue weighted by Gasteiger charge is -1.74. The molecule has 0 aliphatic heterocycles. The first-order valence-electron chi connectivity index (χ1n) is 3.38. The van der Waals surface area contributed by atoms with Crippen LogP contribution in [0.1, 0.15) is 2.74 Å². The average molecular weight is 120 g/mol. The van der Waals surface area contributed by atoms with Crippen molar-refractivity contribution in [3.05, 3.63) is 12.1 Å². The van der Waals surface area contributed by atoms with E-state index >= 15 is 0 Å². The van der Waals surface area contributed by atoms with Gasteiger partial charge in [0.05, 0.1) is 2.74 Å². The van der Waals surface area contributed by atoms with Crippen LogP contribution in [-0.4, -0.2) is 22.2 Å². The second kappa shape index (κ2) is 2.79. The van der Waals surface area contributed by atoms with Crippen LogP contribution in [0.3, 0.4) is 0 Å². The van der Waals surface area contributed by atoms with Crippen molar-refractivity contribution in [2.75, 3.05) is 0 Å². The number of carboxylic acids is 2. The van der Waals surface area contributed by atoms with Gasteiger partial charge < -0.3 is 10.2 Å². The van der Waals surface area contributed by atoms with Crippen molar-refractivity contribution in [2.45, 2.75) is 0 Å². The molecular weight excluding hydrogens is 112 g/mol. The van der Waals surface area contributed by atoms with Gasteiger partial charge in [0.1, 0.15) is 0 Å². The summed E-state index contributed by atoms with van der Waals surface area (Å²) in [5.74, 6) is -2.91. The summed E-state index contributed by atoms with van der Waals surface area (Å²) in [6, 6.07) is -2.25. The maximum Gasteiger partial charge on any atom is 0.328 e. The van der Waals surface area contributed by atoms with E-state index in [-0.39, 0.29) is 0 Å². The van der Waals surface area contributed by atoms with Crippen LogP contribution in [0.2, 0.25) is 0 Å². The molecule has 0 bridgehead atoms. The standard InChI is InChI=1S/C4H4O4/c5-3(6)1-2-4(7)8/h1-2H,(H,5,6)(H,7,8)/b2-1+/i1D,2D/hD2. The fourth-order valence-electron chi connectivity index (χ4n) is 0.102. The van der Waals surface area contributed by atoms with Crippen LogP contribution in [0.25, 0.3) is 2.86 Å². The number of aliphatic carboxylic acids is 2. The smallest absolute Gasteiger partial charge is 0.328 e. The molecule has 0 saturated carbocycles. The third-order valence-electron chi connectivity index (χ3n) is 0.267. The fourth-order valence-corrected chi connectivity index (χ4v) is 0.102. The van der Waals surface area contributed by atoms with E-state index in [0.717, 1.165) is 0 Å². The van der Waals surface area contributed by atoms with Crippen molar-refractivity contribution < 1.29 is 22.5 Å². The Balaban J connectivity index is 4.68. The Morgan fingerprint density at radius 3 is 2.00 bits per heavy atom. The molecule has 0 aromatic carbocycles. The van der Waals surface area contributed by atoms with E-state index in [1.165, 1.54) is 0 Å². The van der Waals surface area contributed by atoms with Crippen molar-refractivity contribution in [1.29, 1.82) is 2.86 Å². The molecule has 44 valence electrons. The SMILES string of the molecule is [2H]OC(=O)/C([2H])=C(\[2H])C(=O)O[2H]. The number of hydrogen-bond donors (Lipinski definition) is 2. The van der Waals surface area contributed by atoms with E-state index in [9.17, 15) is 9.59 Å². The third kappa shape index (κ3) is 4.68. The lowest BCUT2D eigenvalue weighted by molar-refractivity contribution is -0.134. The summed E-state index contributed by atoms with van der Waals surface area (Å²) >= 11 is 0. The third-order valence-corrected chi connectivity index (χ3v) is 0.267. The number of rotatable bonds is 2. The van der Waals surface area contributed by atoms with Gasteiger partial charge in [-0.05, 0) is 0 Å². The van der Waals surface area contributed by atoms with Crippen LogP contribution in [-0.2, 0) is 9.59 Å². The molecule has 4 nitrogen and oxygen atoms in total. The molecule has 0 aliphatic carbocycles. The molecule has 0 spiro atoms. The van der Waals surface area contributed by atoms with Crippen LogP contribution in [0.5, 0.6) is 0 Å². The largest absolute Gasteiger partial charge is 0.478 e. The van der Waals surface area contributed by atoms with Gasteiger partial charge in [0, 0.05) is 12.1 Å². The summed E-state index contributed by atoms with van der Waals surface area (Å²) in [6.07, 6.45) is 0. The number of carbonyl (C=O) groups is 2. The molecule has 4 heteroatoms. The summed E-state index contributed by atoms with van der Waals surface area (Å²) in [6.45, 7) is 0. The Kier molecular flexibility index (Phi) is 0.802. The molecular formula is C4H4O4. The second-order valence-electron chi connectivity index (χ2n) is 0.825. The minimum Gasteiger partial charge on any atom is -0.478 e. The monoisotopic (exact) mass is 120 g/mol. The van der Waals surface area contributed by atoms with Gasteiger partial charge >= 0.3 is 11.9 Å². The first-order valence-corrected chi connectivity index (χ1v) is 1.57. The Labute approximate surface area is 50.8 Å². The van der Waals surface area contributed by atoms with Gasteiger partial charge in [0.2, 0.25) is 0 Å². The summed E-state index contributed by atoms with van der Waals surface area (Å²) in [4.78, 5) is 20.7. The summed E-state index contributed by atoms with van der Waals surface area (Å²) in [5.41, 5.74) is 0. The highest BCUT2D eigenvalue weighted by Crippen LogP contribution is 1.70. The van der Waals surface area contributed by atoms with Crippen molar-refractivity contribution >= 4 is 11.9 Å². The van der Waals surface area contributed by atoms with Crippen molar-refractivity contribution in [2.24, 2.45) is 0 Å². The van der Waals surface area contributed by atoms with Crippen LogP contribution in [0, 0.1) is 0 Å². The predicted octanol–water partition coefficient (Wildman–Crippen LogP) is -0.288. The maximum absolute atomic E-state index is 10.3. The molecule has 0 radical (unpaired) electrons. The van der Waals surface area contributed by atoms with E-state index in [0.29, 0.717) is 0 Å². The lowest BCUT2D eigenvalue weighted by atomic mass is 10.5. The first-order chi connectivity index (χ1) is 5.54. The number of hydrogen-bond acceptors (Lipinski definition) is 4. The molecule has 8 heavy (non-hydrogen) atoms. The molecule has 0 unspecified atom stereocenters. The van der Waals surface area contributed by atoms with Gasteiger partial charge in [-0.2, -0.15) is 0 Å². The highest BCUT2D eigenvalue weighted by atomic mass is 16.4. The Hall–Kier alpha value is -1.32. The van der Waals surface area contributed by atoms with Crippen molar-refractivity contribution in [1.82, 2.24) is 0 Å². The minimum atomic E-state index is -1.45. The van der Waals surface area contributed by atoms with Gasteiger partial charge in [-0.25, -0.2) is 9.59 Å². The molecule has 0 aromatic heterocycles. The Bertz CT molecular complexity index is 211. The summed E-state index contributed by atoms with van der Waals surface area (Å²) < 4.78 is 25.6. The zero-order valence-corrected chi connectivity index (χ0v) is 3.63. The maximum atomic E-state index is 10.3. The van der Waals surface area contributed by atoms with E-state index < -0.39 is 24.0 Å². The molecule has 0 saturated heterocycles. The highest BCUT2D eigenvalue weighted by Gasteiger charge is 1.88. The van der Waals surface area contributed by atoms with E-state index in [4.69, 9.17) is 5.60 Å². The Morgan fingerprint density at radius 1 is 1.38 bits per heavy atom. The quantitative estimate of drug-likeness (QED) is 0.491. The molecule has 0 heterocycles. The molecule has 2 N–H and O–H groups in total. The second-order valence-corrected chi connectivity index (χ2v) is 0.825. The average Bonchev–Trinajstić information content (AvgIpc) is 2.12. The minimum absolute atomic E-state index is 1.12. The normalized spacial score (nSPS) is 18.0. The lowest BCUT2D eigenvalue weighted by Crippen LogP contribution is -1.91. The Morgan fingerprint density at radius 2 is 1.75 bits per heavy atom. The van der Waals surface area contributed by atoms with Gasteiger partial charge in [-0.15, -0.1) is 0 Å². The zero-order chi connectivity index (χ0) is 9.72. The zero-order valence-electron chi connectivity index (χ0n) is 7.63. The molecule has 0 amide bonds. The van der Waals surface area contributed by atoms with Gasteiger partial charge in [0.25, 0.3) is 2.86 Å². The van der Waals surface area contributed by atoms with Crippen LogP contribution >= 0.6 is 0 Å². The van der Waals surface area contributed by atoms with Crippen molar-refractivity contribution in [3.63, 3.8) is 0 Å². The highest BCUT2D eigenvalue weighted by molar-refractivity contribution is 5.89. The van der Waals surface area contributed by atoms with Crippen LogP contribution in [0.4, 0.5) is 0 Å². The topological polar surface area (TPSA) is 74.6 Å². The fraction of sp³-hybridized carbons (Fsp3) is 0. The van der Waals surface area contributed by atoms with Gasteiger partial charge in [0.15, 0.2) is 0 Å². The molecule has 0 aromatic rings. The van der Waals surface area contributed by atoms with Gasteiger partial charge in [-0.1, -0.05) is 0 Å². The van der Waals surface area contributed by atoms with Gasteiger partial charge in [-0.3, -0.25) is 0 Å². The first kappa shape index (κ1) is 2.30. The molecule has 0 aliphatic rings. The molecule has 0 atom stereocenters. The number of carboxylic acid groups (broad SMARTS) is 2. The van der Waals surface area contributed by atoms with Crippen LogP contribution in [0.15, 0.2) is 12.1 Å². The van der Waals surface area contributed by atoms with E-state index in [2.05, 4.69) is 10.2 Å². The molecule has 0 fully saturated rings. The summed E-state index contributed by atoms with van der Waals surface area (Å²) in [7, 11) is 0. The van der Waals surface area contributed by atoms with E-state index in [1.807, 2.05) is 0 Å². The summed E-state index contributed by atoms with van der Waals surface area (Å²) in [5, 5.41) is 6.61. The van der Waals surface area contributed by atoms with Crippen LogP contribution < -0.4 is 0 Å². The molecule has 0 rings (SSSR count).